The van der Waals surface area contributed by atoms with Crippen LogP contribution in [0.5, 0.6) is 5.75 Å². The third-order valence-electron chi connectivity index (χ3n) is 3.25. The summed E-state index contributed by atoms with van der Waals surface area (Å²) in [6.07, 6.45) is 3.44. The number of ether oxygens (including phenoxy) is 1. The molecule has 0 aliphatic rings. The molecule has 1 N–H and O–H groups in total. The van der Waals surface area contributed by atoms with Crippen molar-refractivity contribution >= 4 is 22.3 Å². The summed E-state index contributed by atoms with van der Waals surface area (Å²) in [4.78, 5) is 12.9. The Bertz CT molecular complexity index is 850. The molecule has 0 amide bonds. The molecule has 0 radical (unpaired) electrons. The van der Waals surface area contributed by atoms with E-state index in [0.29, 0.717) is 17.2 Å². The van der Waals surface area contributed by atoms with Crippen molar-refractivity contribution in [2.75, 3.05) is 12.4 Å². The zero-order valence-corrected chi connectivity index (χ0v) is 13.7. The Balaban J connectivity index is 1.95. The highest BCUT2D eigenvalue weighted by Crippen LogP contribution is 2.28. The van der Waals surface area contributed by atoms with E-state index < -0.39 is 5.82 Å². The van der Waals surface area contributed by atoms with E-state index in [1.165, 1.54) is 24.5 Å². The highest BCUT2D eigenvalue weighted by Gasteiger charge is 2.11. The van der Waals surface area contributed by atoms with Gasteiger partial charge in [-0.05, 0) is 37.6 Å². The fourth-order valence-corrected chi connectivity index (χ4v) is 2.81. The van der Waals surface area contributed by atoms with E-state index in [4.69, 9.17) is 4.74 Å². The molecule has 0 bridgehead atoms. The van der Waals surface area contributed by atoms with Gasteiger partial charge in [0.25, 0.3) is 0 Å². The van der Waals surface area contributed by atoms with Crippen LogP contribution < -0.4 is 10.1 Å². The van der Waals surface area contributed by atoms with Crippen molar-refractivity contribution in [3.05, 3.63) is 47.0 Å². The number of halogens is 1. The van der Waals surface area contributed by atoms with Gasteiger partial charge in [0, 0.05) is 11.8 Å². The van der Waals surface area contributed by atoms with Gasteiger partial charge >= 0.3 is 0 Å². The quantitative estimate of drug-likeness (QED) is 0.780. The second kappa shape index (κ2) is 6.29. The third kappa shape index (κ3) is 3.29. The second-order valence-corrected chi connectivity index (χ2v) is 6.18. The molecule has 2 heterocycles. The van der Waals surface area contributed by atoms with Crippen LogP contribution >= 0.6 is 11.3 Å². The molecular weight excluding hydrogens is 315 g/mol. The summed E-state index contributed by atoms with van der Waals surface area (Å²) < 4.78 is 18.9. The SMILES string of the molecule is COc1ccc(-c2nc(Nc3cnc(C)s3)ncc2C)cc1F. The molecule has 0 saturated carbocycles. The molecule has 0 spiro atoms. The van der Waals surface area contributed by atoms with Crippen LogP contribution in [0.25, 0.3) is 11.3 Å². The Labute approximate surface area is 137 Å². The minimum atomic E-state index is -0.421. The first-order chi connectivity index (χ1) is 11.1. The fraction of sp³-hybridized carbons (Fsp3) is 0.188. The van der Waals surface area contributed by atoms with E-state index in [9.17, 15) is 4.39 Å². The molecule has 0 unspecified atom stereocenters. The molecule has 7 heteroatoms. The zero-order chi connectivity index (χ0) is 16.4. The number of methoxy groups -OCH3 is 1. The number of rotatable bonds is 4. The van der Waals surface area contributed by atoms with Gasteiger partial charge in [-0.2, -0.15) is 0 Å². The summed E-state index contributed by atoms with van der Waals surface area (Å²) in [6.45, 7) is 3.81. The summed E-state index contributed by atoms with van der Waals surface area (Å²) in [6, 6.07) is 4.78. The maximum Gasteiger partial charge on any atom is 0.228 e. The first-order valence-electron chi connectivity index (χ1n) is 6.94. The van der Waals surface area contributed by atoms with Gasteiger partial charge < -0.3 is 10.1 Å². The Morgan fingerprint density at radius 3 is 2.65 bits per heavy atom. The van der Waals surface area contributed by atoms with Crippen LogP contribution in [0.2, 0.25) is 0 Å². The van der Waals surface area contributed by atoms with Crippen LogP contribution in [0.4, 0.5) is 15.3 Å². The number of anilines is 2. The lowest BCUT2D eigenvalue weighted by Gasteiger charge is -2.09. The van der Waals surface area contributed by atoms with Gasteiger partial charge in [0.1, 0.15) is 5.00 Å². The van der Waals surface area contributed by atoms with Gasteiger partial charge in [0.2, 0.25) is 5.95 Å². The molecule has 5 nitrogen and oxygen atoms in total. The summed E-state index contributed by atoms with van der Waals surface area (Å²) in [5.74, 6) is 0.236. The van der Waals surface area contributed by atoms with E-state index in [2.05, 4.69) is 20.3 Å². The highest BCUT2D eigenvalue weighted by molar-refractivity contribution is 7.15. The summed E-state index contributed by atoms with van der Waals surface area (Å²) in [5.41, 5.74) is 2.21. The average molecular weight is 330 g/mol. The number of hydrogen-bond acceptors (Lipinski definition) is 6. The Morgan fingerprint density at radius 1 is 1.17 bits per heavy atom. The number of thiazole rings is 1. The predicted molar refractivity (Wildman–Crippen MR) is 88.8 cm³/mol. The van der Waals surface area contributed by atoms with Gasteiger partial charge in [0.05, 0.1) is 24.0 Å². The van der Waals surface area contributed by atoms with Crippen molar-refractivity contribution in [1.29, 1.82) is 0 Å². The molecule has 3 rings (SSSR count). The number of aromatic nitrogens is 3. The van der Waals surface area contributed by atoms with Crippen molar-refractivity contribution in [3.63, 3.8) is 0 Å². The summed E-state index contributed by atoms with van der Waals surface area (Å²) in [7, 11) is 1.44. The molecule has 0 saturated heterocycles. The highest BCUT2D eigenvalue weighted by atomic mass is 32.1. The van der Waals surface area contributed by atoms with Crippen LogP contribution in [-0.2, 0) is 0 Å². The van der Waals surface area contributed by atoms with Crippen LogP contribution in [0.1, 0.15) is 10.6 Å². The van der Waals surface area contributed by atoms with Crippen molar-refractivity contribution in [3.8, 4) is 17.0 Å². The standard InChI is InChI=1S/C16H15FN4OS/c1-9-7-19-16(20-14-8-18-10(2)23-14)21-15(9)11-4-5-13(22-3)12(17)6-11/h4-8H,1-3H3,(H,19,20,21). The van der Waals surface area contributed by atoms with Crippen LogP contribution in [-0.4, -0.2) is 22.1 Å². The fourth-order valence-electron chi connectivity index (χ4n) is 2.14. The normalized spacial score (nSPS) is 10.6. The molecule has 2 aromatic heterocycles. The Kier molecular flexibility index (Phi) is 4.20. The molecule has 0 fully saturated rings. The lowest BCUT2D eigenvalue weighted by molar-refractivity contribution is 0.386. The lowest BCUT2D eigenvalue weighted by Crippen LogP contribution is -1.99. The lowest BCUT2D eigenvalue weighted by atomic mass is 10.1. The summed E-state index contributed by atoms with van der Waals surface area (Å²) in [5, 5.41) is 4.93. The van der Waals surface area contributed by atoms with Crippen molar-refractivity contribution < 1.29 is 9.13 Å². The van der Waals surface area contributed by atoms with E-state index in [1.54, 1.807) is 24.5 Å². The Morgan fingerprint density at radius 2 is 2.00 bits per heavy atom. The first kappa shape index (κ1) is 15.4. The molecule has 0 aliphatic heterocycles. The van der Waals surface area contributed by atoms with Crippen molar-refractivity contribution in [1.82, 2.24) is 15.0 Å². The molecular formula is C16H15FN4OS. The number of nitrogens with one attached hydrogen (secondary N) is 1. The van der Waals surface area contributed by atoms with Gasteiger partial charge in [-0.15, -0.1) is 11.3 Å². The van der Waals surface area contributed by atoms with E-state index in [0.717, 1.165) is 15.6 Å². The average Bonchev–Trinajstić information content (AvgIpc) is 2.94. The molecule has 0 aliphatic carbocycles. The monoisotopic (exact) mass is 330 g/mol. The molecule has 1 aromatic carbocycles. The number of benzene rings is 1. The van der Waals surface area contributed by atoms with Gasteiger partial charge in [-0.1, -0.05) is 0 Å². The van der Waals surface area contributed by atoms with E-state index in [1.807, 2.05) is 13.8 Å². The van der Waals surface area contributed by atoms with Crippen molar-refractivity contribution in [2.45, 2.75) is 13.8 Å². The van der Waals surface area contributed by atoms with E-state index >= 15 is 0 Å². The molecule has 23 heavy (non-hydrogen) atoms. The minimum absolute atomic E-state index is 0.207. The maximum atomic E-state index is 13.9. The van der Waals surface area contributed by atoms with Gasteiger partial charge in [0.15, 0.2) is 11.6 Å². The van der Waals surface area contributed by atoms with Gasteiger partial charge in [-0.3, -0.25) is 0 Å². The second-order valence-electron chi connectivity index (χ2n) is 4.94. The molecule has 3 aromatic rings. The number of nitrogens with zero attached hydrogens (tertiary/aromatic N) is 3. The number of aryl methyl sites for hydroxylation is 2. The number of hydrogen-bond donors (Lipinski definition) is 1. The Hall–Kier alpha value is -2.54. The minimum Gasteiger partial charge on any atom is -0.494 e. The zero-order valence-electron chi connectivity index (χ0n) is 12.9. The van der Waals surface area contributed by atoms with Crippen LogP contribution in [0.3, 0.4) is 0 Å². The smallest absolute Gasteiger partial charge is 0.228 e. The first-order valence-corrected chi connectivity index (χ1v) is 7.75. The predicted octanol–water partition coefficient (Wildman–Crippen LogP) is 4.11. The molecule has 0 atom stereocenters. The maximum absolute atomic E-state index is 13.9. The van der Waals surface area contributed by atoms with Crippen LogP contribution in [0, 0.1) is 19.7 Å². The van der Waals surface area contributed by atoms with Crippen molar-refractivity contribution in [2.24, 2.45) is 0 Å². The largest absolute Gasteiger partial charge is 0.494 e. The molecule has 118 valence electrons. The summed E-state index contributed by atoms with van der Waals surface area (Å²) >= 11 is 1.52. The van der Waals surface area contributed by atoms with Gasteiger partial charge in [-0.25, -0.2) is 19.3 Å². The van der Waals surface area contributed by atoms with E-state index in [-0.39, 0.29) is 5.75 Å². The third-order valence-corrected chi connectivity index (χ3v) is 4.08. The topological polar surface area (TPSA) is 59.9 Å². The van der Waals surface area contributed by atoms with Crippen LogP contribution in [0.15, 0.2) is 30.6 Å².